The highest BCUT2D eigenvalue weighted by Crippen LogP contribution is 2.50. The van der Waals surface area contributed by atoms with Crippen molar-refractivity contribution in [2.24, 2.45) is 0 Å². The molecule has 0 heterocycles. The quantitative estimate of drug-likeness (QED) is 0.289. The summed E-state index contributed by atoms with van der Waals surface area (Å²) in [6.07, 6.45) is 1.93. The molecule has 0 saturated heterocycles. The molecular weight excluding hydrogens is 456 g/mol. The van der Waals surface area contributed by atoms with Crippen LogP contribution in [0.2, 0.25) is 0 Å². The molecule has 3 N–H and O–H groups in total. The fourth-order valence-corrected chi connectivity index (χ4v) is 3.51. The highest BCUT2D eigenvalue weighted by Gasteiger charge is 2.23. The van der Waals surface area contributed by atoms with Crippen LogP contribution in [0.1, 0.15) is 47.1 Å². The van der Waals surface area contributed by atoms with Gasteiger partial charge in [0.05, 0.1) is 19.8 Å². The number of rotatable bonds is 7. The van der Waals surface area contributed by atoms with Crippen molar-refractivity contribution in [2.45, 2.75) is 48.5 Å². The van der Waals surface area contributed by atoms with E-state index in [9.17, 15) is 15.3 Å². The van der Waals surface area contributed by atoms with E-state index in [-0.39, 0.29) is 23.0 Å². The number of aromatic hydroxyl groups is 3. The van der Waals surface area contributed by atoms with E-state index < -0.39 is 0 Å². The summed E-state index contributed by atoms with van der Waals surface area (Å²) in [7, 11) is 2.98. The first-order chi connectivity index (χ1) is 17.3. The van der Waals surface area contributed by atoms with Gasteiger partial charge in [-0.25, -0.2) is 0 Å². The number of ether oxygens (including phenoxy) is 3. The van der Waals surface area contributed by atoms with Crippen LogP contribution in [0.4, 0.5) is 0 Å². The lowest BCUT2D eigenvalue weighted by molar-refractivity contribution is 0.333. The predicted octanol–water partition coefficient (Wildman–Crippen LogP) is 7.86. The molecular formula is C30H40O6. The Morgan fingerprint density at radius 2 is 1.42 bits per heavy atom. The Bertz CT molecular complexity index is 1120. The van der Waals surface area contributed by atoms with E-state index in [1.807, 2.05) is 60.6 Å². The maximum Gasteiger partial charge on any atom is 0.170 e. The zero-order chi connectivity index (χ0) is 27.4. The maximum atomic E-state index is 11.1. The van der Waals surface area contributed by atoms with Gasteiger partial charge in [-0.2, -0.15) is 0 Å². The number of hydrogen-bond donors (Lipinski definition) is 3. The molecule has 0 aliphatic carbocycles. The standard InChI is InChI=1S/C26H28O6.2C2H6/c1-15(2)10-11-32-25-16(3)12-18(13-21(25)28)23-22(30-4)14-20(26(31-5)24(23)29)17-6-8-19(27)9-7-17;2*1-2/h6-10,12-14,27-29H,11H2,1-5H3;2*1-2H3. The number of aryl methyl sites for hydroxylation is 1. The zero-order valence-corrected chi connectivity index (χ0v) is 22.9. The van der Waals surface area contributed by atoms with Gasteiger partial charge in [-0.15, -0.1) is 0 Å². The summed E-state index contributed by atoms with van der Waals surface area (Å²) in [4.78, 5) is 0. The molecule has 0 aromatic heterocycles. The van der Waals surface area contributed by atoms with E-state index in [0.29, 0.717) is 40.4 Å². The van der Waals surface area contributed by atoms with Crippen LogP contribution in [0.25, 0.3) is 22.3 Å². The highest BCUT2D eigenvalue weighted by atomic mass is 16.5. The molecule has 0 saturated carbocycles. The smallest absolute Gasteiger partial charge is 0.170 e. The summed E-state index contributed by atoms with van der Waals surface area (Å²) in [5.41, 5.74) is 4.12. The first kappa shape index (κ1) is 30.2. The Hall–Kier alpha value is -3.80. The van der Waals surface area contributed by atoms with E-state index in [1.54, 1.807) is 30.3 Å². The second-order valence-corrected chi connectivity index (χ2v) is 7.66. The molecule has 0 fully saturated rings. The van der Waals surface area contributed by atoms with Gasteiger partial charge in [-0.05, 0) is 73.9 Å². The van der Waals surface area contributed by atoms with Crippen LogP contribution in [0.5, 0.6) is 34.5 Å². The minimum atomic E-state index is -0.119. The summed E-state index contributed by atoms with van der Waals surface area (Å²) < 4.78 is 16.8. The summed E-state index contributed by atoms with van der Waals surface area (Å²) >= 11 is 0. The second kappa shape index (κ2) is 14.6. The molecule has 0 aliphatic heterocycles. The first-order valence-electron chi connectivity index (χ1n) is 12.1. The molecule has 3 aromatic rings. The fraction of sp³-hybridized carbons (Fsp3) is 0.333. The normalized spacial score (nSPS) is 9.69. The van der Waals surface area contributed by atoms with Crippen LogP contribution >= 0.6 is 0 Å². The van der Waals surface area contributed by atoms with Gasteiger partial charge in [0.1, 0.15) is 18.1 Å². The van der Waals surface area contributed by atoms with Gasteiger partial charge in [-0.1, -0.05) is 45.4 Å². The third kappa shape index (κ3) is 7.11. The van der Waals surface area contributed by atoms with Gasteiger partial charge in [0.25, 0.3) is 0 Å². The van der Waals surface area contributed by atoms with Crippen molar-refractivity contribution in [3.05, 3.63) is 59.7 Å². The number of hydrogen-bond acceptors (Lipinski definition) is 6. The number of benzene rings is 3. The number of allylic oxidation sites excluding steroid dienone is 1. The molecule has 6 heteroatoms. The van der Waals surface area contributed by atoms with E-state index in [2.05, 4.69) is 0 Å². The molecule has 3 aromatic carbocycles. The molecule has 3 rings (SSSR count). The lowest BCUT2D eigenvalue weighted by Gasteiger charge is -2.19. The molecule has 0 amide bonds. The van der Waals surface area contributed by atoms with Crippen LogP contribution in [-0.2, 0) is 0 Å². The summed E-state index contributed by atoms with van der Waals surface area (Å²) in [5, 5.41) is 31.3. The van der Waals surface area contributed by atoms with Crippen molar-refractivity contribution in [3.63, 3.8) is 0 Å². The number of phenolic OH excluding ortho intramolecular Hbond substituents is 3. The summed E-state index contributed by atoms with van der Waals surface area (Å²) in [6.45, 7) is 14.1. The van der Waals surface area contributed by atoms with Crippen LogP contribution in [0, 0.1) is 6.92 Å². The molecule has 0 radical (unpaired) electrons. The maximum absolute atomic E-state index is 11.1. The lowest BCUT2D eigenvalue weighted by atomic mass is 9.95. The molecule has 36 heavy (non-hydrogen) atoms. The fourth-order valence-electron chi connectivity index (χ4n) is 3.51. The van der Waals surface area contributed by atoms with E-state index in [1.165, 1.54) is 20.3 Å². The lowest BCUT2D eigenvalue weighted by Crippen LogP contribution is -1.99. The molecule has 0 aliphatic rings. The monoisotopic (exact) mass is 496 g/mol. The van der Waals surface area contributed by atoms with Crippen molar-refractivity contribution < 1.29 is 29.5 Å². The molecule has 0 unspecified atom stereocenters. The van der Waals surface area contributed by atoms with Gasteiger partial charge in [-0.3, -0.25) is 0 Å². The van der Waals surface area contributed by atoms with Crippen LogP contribution in [-0.4, -0.2) is 36.1 Å². The number of phenols is 3. The van der Waals surface area contributed by atoms with Gasteiger partial charge >= 0.3 is 0 Å². The van der Waals surface area contributed by atoms with Gasteiger partial charge in [0.2, 0.25) is 0 Å². The van der Waals surface area contributed by atoms with E-state index in [0.717, 1.165) is 11.1 Å². The molecule has 0 bridgehead atoms. The van der Waals surface area contributed by atoms with Crippen LogP contribution in [0.15, 0.2) is 54.1 Å². The molecule has 196 valence electrons. The van der Waals surface area contributed by atoms with E-state index >= 15 is 0 Å². The van der Waals surface area contributed by atoms with Crippen molar-refractivity contribution in [1.29, 1.82) is 0 Å². The van der Waals surface area contributed by atoms with Crippen LogP contribution < -0.4 is 14.2 Å². The minimum Gasteiger partial charge on any atom is -0.508 e. The van der Waals surface area contributed by atoms with Crippen LogP contribution in [0.3, 0.4) is 0 Å². The SMILES string of the molecule is CC.CC.COc1cc(-c2ccc(O)cc2)c(OC)c(O)c1-c1cc(C)c(OCC=C(C)C)c(O)c1. The average Bonchev–Trinajstić information content (AvgIpc) is 2.87. The second-order valence-electron chi connectivity index (χ2n) is 7.66. The third-order valence-electron chi connectivity index (χ3n) is 5.08. The van der Waals surface area contributed by atoms with Crippen molar-refractivity contribution in [1.82, 2.24) is 0 Å². The Balaban J connectivity index is 0.00000154. The third-order valence-corrected chi connectivity index (χ3v) is 5.08. The minimum absolute atomic E-state index is 0.0369. The Morgan fingerprint density at radius 1 is 0.806 bits per heavy atom. The Kier molecular flexibility index (Phi) is 12.2. The first-order valence-corrected chi connectivity index (χ1v) is 12.1. The van der Waals surface area contributed by atoms with Gasteiger partial charge in [0.15, 0.2) is 23.0 Å². The molecule has 0 spiro atoms. The zero-order valence-electron chi connectivity index (χ0n) is 22.9. The summed E-state index contributed by atoms with van der Waals surface area (Å²) in [5.74, 6) is 1.03. The average molecular weight is 497 g/mol. The highest BCUT2D eigenvalue weighted by molar-refractivity contribution is 5.88. The largest absolute Gasteiger partial charge is 0.508 e. The predicted molar refractivity (Wildman–Crippen MR) is 148 cm³/mol. The Labute approximate surface area is 215 Å². The molecule has 0 atom stereocenters. The van der Waals surface area contributed by atoms with Crippen molar-refractivity contribution in [2.75, 3.05) is 20.8 Å². The number of methoxy groups -OCH3 is 2. The van der Waals surface area contributed by atoms with Crippen molar-refractivity contribution >= 4 is 0 Å². The van der Waals surface area contributed by atoms with E-state index in [4.69, 9.17) is 14.2 Å². The van der Waals surface area contributed by atoms with Crippen molar-refractivity contribution in [3.8, 4) is 56.8 Å². The van der Waals surface area contributed by atoms with Gasteiger partial charge in [0, 0.05) is 5.56 Å². The molecule has 6 nitrogen and oxygen atoms in total. The Morgan fingerprint density at radius 3 is 1.92 bits per heavy atom. The topological polar surface area (TPSA) is 88.4 Å². The van der Waals surface area contributed by atoms with Gasteiger partial charge < -0.3 is 29.5 Å². The summed E-state index contributed by atoms with van der Waals surface area (Å²) in [6, 6.07) is 11.7.